The van der Waals surface area contributed by atoms with E-state index < -0.39 is 10.2 Å². The van der Waals surface area contributed by atoms with Gasteiger partial charge in [-0.1, -0.05) is 18.2 Å². The average molecular weight is 379 g/mol. The van der Waals surface area contributed by atoms with Crippen LogP contribution >= 0.6 is 0 Å². The number of amides is 1. The van der Waals surface area contributed by atoms with Crippen molar-refractivity contribution in [1.82, 2.24) is 23.3 Å². The quantitative estimate of drug-likeness (QED) is 0.703. The van der Waals surface area contributed by atoms with Gasteiger partial charge < -0.3 is 4.90 Å². The van der Waals surface area contributed by atoms with E-state index in [0.29, 0.717) is 5.39 Å². The molecule has 1 amide bonds. The van der Waals surface area contributed by atoms with Crippen LogP contribution in [0.4, 0.5) is 0 Å². The Morgan fingerprint density at radius 1 is 1.15 bits per heavy atom. The molecule has 0 atom stereocenters. The number of nitrogens with zero attached hydrogens (tertiary/aromatic N) is 5. The van der Waals surface area contributed by atoms with E-state index >= 15 is 0 Å². The molecule has 1 aliphatic heterocycles. The lowest BCUT2D eigenvalue weighted by atomic mass is 10.2. The van der Waals surface area contributed by atoms with Gasteiger partial charge in [0.05, 0.1) is 11.6 Å². The predicted molar refractivity (Wildman–Crippen MR) is 96.8 cm³/mol. The van der Waals surface area contributed by atoms with Crippen molar-refractivity contribution >= 4 is 26.9 Å². The number of carbonyl (C=O) groups excluding carboxylic acids is 1. The highest BCUT2D eigenvalue weighted by atomic mass is 32.2. The van der Waals surface area contributed by atoms with Crippen LogP contribution < -0.4 is 5.56 Å². The Hall–Kier alpha value is -2.30. The Bertz CT molecular complexity index is 978. The summed E-state index contributed by atoms with van der Waals surface area (Å²) in [6, 6.07) is 7.08. The molecule has 1 fully saturated rings. The zero-order valence-electron chi connectivity index (χ0n) is 14.7. The summed E-state index contributed by atoms with van der Waals surface area (Å²) in [7, 11) is -0.524. The number of aromatic nitrogens is 2. The second-order valence-corrected chi connectivity index (χ2v) is 8.41. The summed E-state index contributed by atoms with van der Waals surface area (Å²) in [5.74, 6) is -0.253. The van der Waals surface area contributed by atoms with Crippen LogP contribution in [0.15, 0.2) is 35.3 Å². The molecule has 0 aliphatic carbocycles. The number of fused-ring (bicyclic) bond motifs is 1. The number of benzene rings is 1. The number of piperazine rings is 1. The molecule has 2 aromatic rings. The highest BCUT2D eigenvalue weighted by Gasteiger charge is 2.30. The fourth-order valence-corrected chi connectivity index (χ4v) is 3.95. The summed E-state index contributed by atoms with van der Waals surface area (Å²) in [5, 5.41) is 5.30. The fourth-order valence-electron chi connectivity index (χ4n) is 2.87. The minimum atomic E-state index is -3.48. The van der Waals surface area contributed by atoms with Gasteiger partial charge in [-0.3, -0.25) is 9.59 Å². The topological polar surface area (TPSA) is 95.8 Å². The first-order valence-corrected chi connectivity index (χ1v) is 9.60. The van der Waals surface area contributed by atoms with Crippen LogP contribution in [0.3, 0.4) is 0 Å². The fraction of sp³-hybridized carbons (Fsp3) is 0.438. The minimum absolute atomic E-state index is 0.163. The number of hydrogen-bond donors (Lipinski definition) is 0. The lowest BCUT2D eigenvalue weighted by molar-refractivity contribution is -0.133. The maximum absolute atomic E-state index is 12.5. The molecule has 3 rings (SSSR count). The number of carbonyl (C=O) groups is 1. The third-order valence-electron chi connectivity index (χ3n) is 4.43. The Morgan fingerprint density at radius 2 is 1.81 bits per heavy atom. The maximum Gasteiger partial charge on any atom is 0.281 e. The highest BCUT2D eigenvalue weighted by Crippen LogP contribution is 2.10. The molecule has 10 heteroatoms. The molecule has 0 radical (unpaired) electrons. The first kappa shape index (κ1) is 18.5. The van der Waals surface area contributed by atoms with Gasteiger partial charge in [-0.2, -0.15) is 22.1 Å². The Kier molecular flexibility index (Phi) is 5.08. The largest absolute Gasteiger partial charge is 0.338 e. The molecule has 0 N–H and O–H groups in total. The Labute approximate surface area is 151 Å². The molecule has 1 aromatic carbocycles. The van der Waals surface area contributed by atoms with Crippen LogP contribution in [0.2, 0.25) is 0 Å². The van der Waals surface area contributed by atoms with Gasteiger partial charge in [-0.25, -0.2) is 4.68 Å². The van der Waals surface area contributed by atoms with Crippen molar-refractivity contribution in [3.05, 3.63) is 40.8 Å². The van der Waals surface area contributed by atoms with Crippen molar-refractivity contribution in [1.29, 1.82) is 0 Å². The summed E-state index contributed by atoms with van der Waals surface area (Å²) in [4.78, 5) is 26.5. The smallest absolute Gasteiger partial charge is 0.281 e. The molecule has 0 unspecified atom stereocenters. The van der Waals surface area contributed by atoms with Crippen molar-refractivity contribution in [3.63, 3.8) is 0 Å². The van der Waals surface area contributed by atoms with Gasteiger partial charge in [-0.15, -0.1) is 0 Å². The predicted octanol–water partition coefficient (Wildman–Crippen LogP) is -0.653. The average Bonchev–Trinajstić information content (AvgIpc) is 2.64. The van der Waals surface area contributed by atoms with Gasteiger partial charge in [0.2, 0.25) is 5.91 Å². The maximum atomic E-state index is 12.5. The first-order chi connectivity index (χ1) is 12.3. The number of hydrogen-bond acceptors (Lipinski definition) is 5. The molecule has 0 spiro atoms. The first-order valence-electron chi connectivity index (χ1n) is 8.21. The van der Waals surface area contributed by atoms with Crippen LogP contribution in [-0.4, -0.2) is 77.9 Å². The van der Waals surface area contributed by atoms with Crippen LogP contribution in [0.5, 0.6) is 0 Å². The highest BCUT2D eigenvalue weighted by molar-refractivity contribution is 7.86. The Balaban J connectivity index is 1.69. The van der Waals surface area contributed by atoms with Crippen LogP contribution in [0.1, 0.15) is 0 Å². The second-order valence-electron chi connectivity index (χ2n) is 6.26. The van der Waals surface area contributed by atoms with E-state index in [0.717, 1.165) is 14.4 Å². The molecule has 26 heavy (non-hydrogen) atoms. The van der Waals surface area contributed by atoms with Gasteiger partial charge >= 0.3 is 0 Å². The van der Waals surface area contributed by atoms with Crippen LogP contribution in [0, 0.1) is 0 Å². The molecule has 1 aliphatic rings. The van der Waals surface area contributed by atoms with Gasteiger partial charge in [0.1, 0.15) is 6.54 Å². The van der Waals surface area contributed by atoms with Crippen LogP contribution in [0.25, 0.3) is 10.8 Å². The van der Waals surface area contributed by atoms with Gasteiger partial charge in [0, 0.05) is 45.7 Å². The van der Waals surface area contributed by atoms with Crippen LogP contribution in [-0.2, 0) is 21.5 Å². The molecule has 9 nitrogen and oxygen atoms in total. The normalized spacial score (nSPS) is 16.3. The van der Waals surface area contributed by atoms with E-state index in [1.807, 2.05) is 6.07 Å². The molecule has 0 saturated carbocycles. The zero-order valence-corrected chi connectivity index (χ0v) is 15.5. The second kappa shape index (κ2) is 7.14. The van der Waals surface area contributed by atoms with E-state index in [9.17, 15) is 18.0 Å². The molecule has 140 valence electrons. The lowest BCUT2D eigenvalue weighted by Gasteiger charge is -2.35. The third-order valence-corrected chi connectivity index (χ3v) is 6.37. The van der Waals surface area contributed by atoms with Crippen molar-refractivity contribution in [3.8, 4) is 0 Å². The molecule has 2 heterocycles. The van der Waals surface area contributed by atoms with E-state index in [-0.39, 0.29) is 44.2 Å². The summed E-state index contributed by atoms with van der Waals surface area (Å²) in [5.41, 5.74) is -0.315. The molecule has 0 bridgehead atoms. The summed E-state index contributed by atoms with van der Waals surface area (Å²) >= 11 is 0. The van der Waals surface area contributed by atoms with Gasteiger partial charge in [-0.05, 0) is 6.07 Å². The van der Waals surface area contributed by atoms with Gasteiger partial charge in [0.15, 0.2) is 0 Å². The van der Waals surface area contributed by atoms with Crippen molar-refractivity contribution in [2.75, 3.05) is 40.3 Å². The monoisotopic (exact) mass is 379 g/mol. The molecular weight excluding hydrogens is 358 g/mol. The van der Waals surface area contributed by atoms with Gasteiger partial charge in [0.25, 0.3) is 15.8 Å². The molecular formula is C16H21N5O4S. The molecule has 1 saturated heterocycles. The summed E-state index contributed by atoms with van der Waals surface area (Å²) in [6.45, 7) is 0.866. The van der Waals surface area contributed by atoms with E-state index in [1.165, 1.54) is 18.4 Å². The lowest BCUT2D eigenvalue weighted by Crippen LogP contribution is -2.53. The van der Waals surface area contributed by atoms with Crippen molar-refractivity contribution in [2.45, 2.75) is 6.54 Å². The van der Waals surface area contributed by atoms with E-state index in [2.05, 4.69) is 5.10 Å². The van der Waals surface area contributed by atoms with E-state index in [4.69, 9.17) is 0 Å². The zero-order chi connectivity index (χ0) is 18.9. The van der Waals surface area contributed by atoms with E-state index in [1.54, 1.807) is 29.3 Å². The third kappa shape index (κ3) is 3.48. The minimum Gasteiger partial charge on any atom is -0.338 e. The van der Waals surface area contributed by atoms with Crippen molar-refractivity contribution in [2.24, 2.45) is 0 Å². The standard InChI is InChI=1S/C16H21N5O4S/c1-18(2)26(24,25)20-9-7-19(8-10-20)15(22)12-21-16(23)14-6-4-3-5-13(14)11-17-21/h3-6,11H,7-10,12H2,1-2H3. The number of rotatable bonds is 4. The Morgan fingerprint density at radius 3 is 2.46 bits per heavy atom. The SMILES string of the molecule is CN(C)S(=O)(=O)N1CCN(C(=O)Cn2ncc3ccccc3c2=O)CC1. The summed E-state index contributed by atoms with van der Waals surface area (Å²) < 4.78 is 27.9. The summed E-state index contributed by atoms with van der Waals surface area (Å²) in [6.07, 6.45) is 1.56. The molecule has 1 aromatic heterocycles. The van der Waals surface area contributed by atoms with Crippen molar-refractivity contribution < 1.29 is 13.2 Å².